The molecule has 2 aromatic rings. The molecule has 124 valence electrons. The van der Waals surface area contributed by atoms with E-state index in [4.69, 9.17) is 5.41 Å². The van der Waals surface area contributed by atoms with Crippen LogP contribution in [0.5, 0.6) is 5.75 Å². The van der Waals surface area contributed by atoms with Crippen LogP contribution < -0.4 is 5.32 Å². The molecule has 3 nitrogen and oxygen atoms in total. The Balaban J connectivity index is 2.50. The van der Waals surface area contributed by atoms with E-state index >= 15 is 0 Å². The van der Waals surface area contributed by atoms with Gasteiger partial charge in [-0.15, -0.1) is 11.3 Å². The van der Waals surface area contributed by atoms with Crippen LogP contribution in [0.25, 0.3) is 0 Å². The van der Waals surface area contributed by atoms with Gasteiger partial charge in [0, 0.05) is 16.8 Å². The summed E-state index contributed by atoms with van der Waals surface area (Å²) in [4.78, 5) is 0.896. The monoisotopic (exact) mass is 330 g/mol. The first kappa shape index (κ1) is 17.5. The minimum Gasteiger partial charge on any atom is -0.507 e. The lowest BCUT2D eigenvalue weighted by Crippen LogP contribution is -2.19. The van der Waals surface area contributed by atoms with Gasteiger partial charge in [-0.25, -0.2) is 0 Å². The summed E-state index contributed by atoms with van der Waals surface area (Å²) in [5.41, 5.74) is 2.29. The van der Waals surface area contributed by atoms with Gasteiger partial charge in [0.05, 0.1) is 4.88 Å². The van der Waals surface area contributed by atoms with Crippen molar-refractivity contribution in [1.82, 2.24) is 0 Å². The first-order valence-corrected chi connectivity index (χ1v) is 8.65. The lowest BCUT2D eigenvalue weighted by atomic mass is 9.79. The van der Waals surface area contributed by atoms with Crippen LogP contribution >= 0.6 is 11.3 Å². The number of phenolic OH excluding ortho intramolecular Hbond substituents is 1. The maximum absolute atomic E-state index is 10.7. The molecule has 1 heterocycles. The van der Waals surface area contributed by atoms with Crippen LogP contribution in [0.15, 0.2) is 29.6 Å². The molecule has 0 atom stereocenters. The van der Waals surface area contributed by atoms with Crippen LogP contribution in [0.2, 0.25) is 0 Å². The fourth-order valence-electron chi connectivity index (χ4n) is 2.48. The number of aromatic hydroxyl groups is 1. The number of anilines is 1. The molecule has 4 heteroatoms. The molecular weight excluding hydrogens is 304 g/mol. The summed E-state index contributed by atoms with van der Waals surface area (Å²) in [7, 11) is 0. The van der Waals surface area contributed by atoms with Crippen LogP contribution in [-0.4, -0.2) is 10.9 Å². The second-order valence-electron chi connectivity index (χ2n) is 7.90. The molecule has 0 aliphatic rings. The summed E-state index contributed by atoms with van der Waals surface area (Å²) < 4.78 is 0. The predicted molar refractivity (Wildman–Crippen MR) is 100 cm³/mol. The zero-order valence-electron chi connectivity index (χ0n) is 14.7. The number of hydrogen-bond donors (Lipinski definition) is 3. The van der Waals surface area contributed by atoms with Gasteiger partial charge in [0.1, 0.15) is 11.6 Å². The lowest BCUT2D eigenvalue weighted by molar-refractivity contribution is 0.423. The summed E-state index contributed by atoms with van der Waals surface area (Å²) in [6, 6.07) is 7.77. The molecule has 23 heavy (non-hydrogen) atoms. The number of thiophene rings is 1. The van der Waals surface area contributed by atoms with Gasteiger partial charge in [-0.1, -0.05) is 47.6 Å². The van der Waals surface area contributed by atoms with Crippen LogP contribution in [-0.2, 0) is 10.8 Å². The van der Waals surface area contributed by atoms with Gasteiger partial charge < -0.3 is 10.4 Å². The molecule has 0 bridgehead atoms. The van der Waals surface area contributed by atoms with E-state index in [9.17, 15) is 5.11 Å². The van der Waals surface area contributed by atoms with Crippen molar-refractivity contribution >= 4 is 22.9 Å². The number of phenols is 1. The average Bonchev–Trinajstić information content (AvgIpc) is 2.91. The molecular formula is C19H26N2OS. The first-order chi connectivity index (χ1) is 10.5. The molecule has 0 fully saturated rings. The molecule has 0 radical (unpaired) electrons. The summed E-state index contributed by atoms with van der Waals surface area (Å²) in [6.45, 7) is 12.5. The van der Waals surface area contributed by atoms with Gasteiger partial charge in [-0.05, 0) is 34.4 Å². The quantitative estimate of drug-likeness (QED) is 0.387. The molecule has 0 amide bonds. The second kappa shape index (κ2) is 6.00. The van der Waals surface area contributed by atoms with Gasteiger partial charge in [0.2, 0.25) is 0 Å². The van der Waals surface area contributed by atoms with Crippen LogP contribution in [0, 0.1) is 5.41 Å². The fourth-order valence-corrected chi connectivity index (χ4v) is 3.11. The normalized spacial score (nSPS) is 12.3. The van der Waals surface area contributed by atoms with Crippen LogP contribution in [0.1, 0.15) is 57.5 Å². The molecule has 0 aliphatic heterocycles. The number of nitrogens with one attached hydrogen (secondary N) is 2. The summed E-state index contributed by atoms with van der Waals surface area (Å²) in [5, 5.41) is 24.1. The van der Waals surface area contributed by atoms with E-state index in [-0.39, 0.29) is 10.8 Å². The Morgan fingerprint density at radius 2 is 1.57 bits per heavy atom. The SMILES string of the molecule is CC(C)(C)c1cc(NC(=N)c2cccs2)cc(C(C)(C)C)c1O. The number of rotatable bonds is 2. The minimum absolute atomic E-state index is 0.174. The van der Waals surface area contributed by atoms with Crippen molar-refractivity contribution in [2.24, 2.45) is 0 Å². The standard InChI is InChI=1S/C19H26N2OS/c1-18(2,3)13-10-12(11-14(16(13)22)19(4,5)6)21-17(20)15-8-7-9-23-15/h7-11,22H,1-6H3,(H2,20,21). The van der Waals surface area contributed by atoms with Gasteiger partial charge in [-0.3, -0.25) is 5.41 Å². The number of amidine groups is 1. The topological polar surface area (TPSA) is 56.1 Å². The molecule has 0 saturated carbocycles. The Morgan fingerprint density at radius 3 is 1.96 bits per heavy atom. The third kappa shape index (κ3) is 3.94. The molecule has 2 rings (SSSR count). The Bertz CT molecular complexity index is 669. The third-order valence-corrected chi connectivity index (χ3v) is 4.65. The highest BCUT2D eigenvalue weighted by Gasteiger charge is 2.26. The molecule has 0 aliphatic carbocycles. The first-order valence-electron chi connectivity index (χ1n) is 7.77. The Kier molecular flexibility index (Phi) is 4.58. The lowest BCUT2D eigenvalue weighted by Gasteiger charge is -2.28. The maximum Gasteiger partial charge on any atom is 0.140 e. The van der Waals surface area contributed by atoms with Crippen molar-refractivity contribution in [3.05, 3.63) is 45.6 Å². The van der Waals surface area contributed by atoms with Crippen molar-refractivity contribution in [1.29, 1.82) is 5.41 Å². The second-order valence-corrected chi connectivity index (χ2v) is 8.84. The zero-order chi connectivity index (χ0) is 17.4. The van der Waals surface area contributed by atoms with Crippen molar-refractivity contribution in [3.63, 3.8) is 0 Å². The highest BCUT2D eigenvalue weighted by molar-refractivity contribution is 7.12. The molecule has 0 spiro atoms. The van der Waals surface area contributed by atoms with Gasteiger partial charge in [-0.2, -0.15) is 0 Å². The van der Waals surface area contributed by atoms with Crippen molar-refractivity contribution in [2.45, 2.75) is 52.4 Å². The van der Waals surface area contributed by atoms with Gasteiger partial charge in [0.25, 0.3) is 0 Å². The van der Waals surface area contributed by atoms with E-state index in [1.54, 1.807) is 0 Å². The zero-order valence-corrected chi connectivity index (χ0v) is 15.6. The summed E-state index contributed by atoms with van der Waals surface area (Å²) in [6.07, 6.45) is 0. The Hall–Kier alpha value is -1.81. The molecule has 1 aromatic carbocycles. The van der Waals surface area contributed by atoms with E-state index in [2.05, 4.69) is 46.9 Å². The number of benzene rings is 1. The minimum atomic E-state index is -0.174. The van der Waals surface area contributed by atoms with Crippen molar-refractivity contribution < 1.29 is 5.11 Å². The van der Waals surface area contributed by atoms with Gasteiger partial charge in [0.15, 0.2) is 0 Å². The van der Waals surface area contributed by atoms with E-state index < -0.39 is 0 Å². The smallest absolute Gasteiger partial charge is 0.140 e. The van der Waals surface area contributed by atoms with E-state index in [1.165, 1.54) is 11.3 Å². The van der Waals surface area contributed by atoms with Gasteiger partial charge >= 0.3 is 0 Å². The molecule has 0 saturated heterocycles. The third-order valence-electron chi connectivity index (χ3n) is 3.76. The van der Waals surface area contributed by atoms with Crippen LogP contribution in [0.4, 0.5) is 5.69 Å². The summed E-state index contributed by atoms with van der Waals surface area (Å²) >= 11 is 1.54. The summed E-state index contributed by atoms with van der Waals surface area (Å²) in [5.74, 6) is 0.739. The maximum atomic E-state index is 10.7. The van der Waals surface area contributed by atoms with E-state index in [1.807, 2.05) is 29.6 Å². The molecule has 0 unspecified atom stereocenters. The predicted octanol–water partition coefficient (Wildman–Crippen LogP) is 5.49. The highest BCUT2D eigenvalue weighted by Crippen LogP contribution is 2.41. The van der Waals surface area contributed by atoms with E-state index in [0.29, 0.717) is 11.6 Å². The van der Waals surface area contributed by atoms with Crippen molar-refractivity contribution in [3.8, 4) is 5.75 Å². The Morgan fingerprint density at radius 1 is 1.04 bits per heavy atom. The average molecular weight is 330 g/mol. The molecule has 3 N–H and O–H groups in total. The highest BCUT2D eigenvalue weighted by atomic mass is 32.1. The Labute approximate surface area is 142 Å². The largest absolute Gasteiger partial charge is 0.507 e. The van der Waals surface area contributed by atoms with Crippen LogP contribution in [0.3, 0.4) is 0 Å². The number of hydrogen-bond acceptors (Lipinski definition) is 3. The van der Waals surface area contributed by atoms with Crippen molar-refractivity contribution in [2.75, 3.05) is 5.32 Å². The molecule has 1 aromatic heterocycles. The fraction of sp³-hybridized carbons (Fsp3) is 0.421. The van der Waals surface area contributed by atoms with E-state index in [0.717, 1.165) is 21.7 Å².